The fourth-order valence-electron chi connectivity index (χ4n) is 2.24. The predicted octanol–water partition coefficient (Wildman–Crippen LogP) is 1.19. The minimum absolute atomic E-state index is 0.0127. The Morgan fingerprint density at radius 3 is 2.50 bits per heavy atom. The number of ether oxygens (including phenoxy) is 1. The highest BCUT2D eigenvalue weighted by atomic mass is 16.6. The molecule has 0 spiro atoms. The molecule has 2 atom stereocenters. The Morgan fingerprint density at radius 1 is 1.40 bits per heavy atom. The van der Waals surface area contributed by atoms with Crippen LogP contribution < -0.4 is 5.73 Å². The third-order valence-electron chi connectivity index (χ3n) is 3.33. The van der Waals surface area contributed by atoms with E-state index in [9.17, 15) is 9.59 Å². The van der Waals surface area contributed by atoms with Crippen LogP contribution in [0, 0.1) is 0 Å². The second-order valence-electron chi connectivity index (χ2n) is 6.46. The number of nitrogens with two attached hydrogens (primary N) is 1. The van der Waals surface area contributed by atoms with Gasteiger partial charge in [0.25, 0.3) is 0 Å². The first-order valence-corrected chi connectivity index (χ1v) is 7.12. The number of rotatable bonds is 2. The summed E-state index contributed by atoms with van der Waals surface area (Å²) in [5, 5.41) is 0. The summed E-state index contributed by atoms with van der Waals surface area (Å²) < 4.78 is 5.35. The van der Waals surface area contributed by atoms with Gasteiger partial charge in [-0.1, -0.05) is 0 Å². The van der Waals surface area contributed by atoms with E-state index in [1.165, 1.54) is 0 Å². The van der Waals surface area contributed by atoms with Gasteiger partial charge in [0.15, 0.2) is 0 Å². The lowest BCUT2D eigenvalue weighted by atomic mass is 10.0. The van der Waals surface area contributed by atoms with Gasteiger partial charge < -0.3 is 20.3 Å². The summed E-state index contributed by atoms with van der Waals surface area (Å²) in [6.07, 6.45) is 1.40. The molecule has 1 heterocycles. The lowest BCUT2D eigenvalue weighted by molar-refractivity contribution is -0.134. The topological polar surface area (TPSA) is 75.9 Å². The van der Waals surface area contributed by atoms with Crippen LogP contribution >= 0.6 is 0 Å². The van der Waals surface area contributed by atoms with Gasteiger partial charge in [-0.25, -0.2) is 4.79 Å². The molecule has 6 nitrogen and oxygen atoms in total. The molecule has 0 aromatic carbocycles. The SMILES string of the molecule is C[C@H](N)C(=O)N1CCCC(N(C)C(=O)OC(C)(C)C)C1. The normalized spacial score (nSPS) is 21.3. The lowest BCUT2D eigenvalue weighted by Crippen LogP contribution is -2.53. The maximum Gasteiger partial charge on any atom is 0.410 e. The van der Waals surface area contributed by atoms with E-state index in [0.717, 1.165) is 12.8 Å². The number of hydrogen-bond donors (Lipinski definition) is 1. The lowest BCUT2D eigenvalue weighted by Gasteiger charge is -2.38. The largest absolute Gasteiger partial charge is 0.444 e. The molecule has 116 valence electrons. The zero-order valence-corrected chi connectivity index (χ0v) is 13.2. The van der Waals surface area contributed by atoms with Crippen molar-refractivity contribution in [2.24, 2.45) is 5.73 Å². The molecule has 1 fully saturated rings. The summed E-state index contributed by atoms with van der Waals surface area (Å²) in [5.41, 5.74) is 5.12. The maximum absolute atomic E-state index is 12.0. The van der Waals surface area contributed by atoms with Crippen LogP contribution in [0.3, 0.4) is 0 Å². The summed E-state index contributed by atoms with van der Waals surface area (Å²) in [6.45, 7) is 8.43. The van der Waals surface area contributed by atoms with Crippen LogP contribution in [0.2, 0.25) is 0 Å². The number of likely N-dealkylation sites (N-methyl/N-ethyl adjacent to an activating group) is 1. The Morgan fingerprint density at radius 2 is 2.00 bits per heavy atom. The summed E-state index contributed by atoms with van der Waals surface area (Å²) >= 11 is 0. The molecule has 0 radical (unpaired) electrons. The number of nitrogens with zero attached hydrogens (tertiary/aromatic N) is 2. The molecule has 1 unspecified atom stereocenters. The van der Waals surface area contributed by atoms with Crippen LogP contribution in [0.1, 0.15) is 40.5 Å². The zero-order valence-electron chi connectivity index (χ0n) is 13.2. The van der Waals surface area contributed by atoms with E-state index in [1.54, 1.807) is 23.8 Å². The molecule has 2 N–H and O–H groups in total. The van der Waals surface area contributed by atoms with E-state index in [-0.39, 0.29) is 18.0 Å². The summed E-state index contributed by atoms with van der Waals surface area (Å²) in [7, 11) is 1.72. The number of hydrogen-bond acceptors (Lipinski definition) is 4. The Kier molecular flexibility index (Phi) is 5.39. The monoisotopic (exact) mass is 285 g/mol. The van der Waals surface area contributed by atoms with E-state index in [4.69, 9.17) is 10.5 Å². The molecule has 0 aromatic heterocycles. The van der Waals surface area contributed by atoms with Gasteiger partial charge in [0.1, 0.15) is 5.60 Å². The first-order chi connectivity index (χ1) is 9.11. The van der Waals surface area contributed by atoms with Gasteiger partial charge in [-0.3, -0.25) is 4.79 Å². The van der Waals surface area contributed by atoms with Gasteiger partial charge in [-0.2, -0.15) is 0 Å². The molecule has 0 aliphatic carbocycles. The van der Waals surface area contributed by atoms with Gasteiger partial charge in [-0.05, 0) is 40.5 Å². The van der Waals surface area contributed by atoms with Crippen LogP contribution in [0.25, 0.3) is 0 Å². The fourth-order valence-corrected chi connectivity index (χ4v) is 2.24. The first-order valence-electron chi connectivity index (χ1n) is 7.12. The van der Waals surface area contributed by atoms with Crippen molar-refractivity contribution in [2.75, 3.05) is 20.1 Å². The molecule has 20 heavy (non-hydrogen) atoms. The van der Waals surface area contributed by atoms with Gasteiger partial charge in [0.05, 0.1) is 12.1 Å². The summed E-state index contributed by atoms with van der Waals surface area (Å²) in [4.78, 5) is 27.3. The number of carbonyl (C=O) groups is 2. The van der Waals surface area contributed by atoms with E-state index < -0.39 is 11.6 Å². The molecule has 6 heteroatoms. The Bertz CT molecular complexity index is 363. The quantitative estimate of drug-likeness (QED) is 0.827. The average Bonchev–Trinajstić information content (AvgIpc) is 2.35. The fraction of sp³-hybridized carbons (Fsp3) is 0.857. The van der Waals surface area contributed by atoms with Crippen LogP contribution in [0.15, 0.2) is 0 Å². The molecule has 1 rings (SSSR count). The van der Waals surface area contributed by atoms with Crippen molar-refractivity contribution in [3.63, 3.8) is 0 Å². The number of amides is 2. The molecular weight excluding hydrogens is 258 g/mol. The van der Waals surface area contributed by atoms with Gasteiger partial charge in [-0.15, -0.1) is 0 Å². The van der Waals surface area contributed by atoms with Crippen molar-refractivity contribution in [3.8, 4) is 0 Å². The van der Waals surface area contributed by atoms with Crippen molar-refractivity contribution in [3.05, 3.63) is 0 Å². The van der Waals surface area contributed by atoms with E-state index in [2.05, 4.69) is 0 Å². The minimum atomic E-state index is -0.513. The Labute approximate surface area is 121 Å². The Balaban J connectivity index is 2.62. The van der Waals surface area contributed by atoms with Gasteiger partial charge in [0.2, 0.25) is 5.91 Å². The second-order valence-corrected chi connectivity index (χ2v) is 6.46. The molecular formula is C14H27N3O3. The van der Waals surface area contributed by atoms with Crippen molar-refractivity contribution in [1.29, 1.82) is 0 Å². The highest BCUT2D eigenvalue weighted by Crippen LogP contribution is 2.18. The van der Waals surface area contributed by atoms with Crippen LogP contribution in [-0.4, -0.2) is 59.6 Å². The van der Waals surface area contributed by atoms with Crippen LogP contribution in [0.5, 0.6) is 0 Å². The molecule has 1 saturated heterocycles. The highest BCUT2D eigenvalue weighted by molar-refractivity contribution is 5.81. The molecule has 1 aliphatic rings. The standard InChI is InChI=1S/C14H27N3O3/c1-10(15)12(18)17-8-6-7-11(9-17)16(5)13(19)20-14(2,3)4/h10-11H,6-9,15H2,1-5H3/t10-,11?/m0/s1. The zero-order chi connectivity index (χ0) is 15.5. The first kappa shape index (κ1) is 16.8. The van der Waals surface area contributed by atoms with Crippen molar-refractivity contribution in [2.45, 2.75) is 58.2 Å². The molecule has 1 aliphatic heterocycles. The molecule has 0 saturated carbocycles. The summed E-state index contributed by atoms with van der Waals surface area (Å²) in [6, 6.07) is -0.512. The average molecular weight is 285 g/mol. The van der Waals surface area contributed by atoms with Crippen LogP contribution in [0.4, 0.5) is 4.79 Å². The highest BCUT2D eigenvalue weighted by Gasteiger charge is 2.31. The van der Waals surface area contributed by atoms with Gasteiger partial charge in [0, 0.05) is 20.1 Å². The van der Waals surface area contributed by atoms with Gasteiger partial charge >= 0.3 is 6.09 Å². The van der Waals surface area contributed by atoms with Crippen LogP contribution in [-0.2, 0) is 9.53 Å². The van der Waals surface area contributed by atoms with Crippen molar-refractivity contribution < 1.29 is 14.3 Å². The van der Waals surface area contributed by atoms with E-state index in [1.807, 2.05) is 20.8 Å². The van der Waals surface area contributed by atoms with E-state index in [0.29, 0.717) is 13.1 Å². The number of likely N-dealkylation sites (tertiary alicyclic amines) is 1. The Hall–Kier alpha value is -1.30. The number of piperidine rings is 1. The molecule has 2 amide bonds. The third kappa shape index (κ3) is 4.67. The third-order valence-corrected chi connectivity index (χ3v) is 3.33. The maximum atomic E-state index is 12.0. The second kappa shape index (κ2) is 6.43. The smallest absolute Gasteiger partial charge is 0.410 e. The van der Waals surface area contributed by atoms with Crippen molar-refractivity contribution >= 4 is 12.0 Å². The minimum Gasteiger partial charge on any atom is -0.444 e. The predicted molar refractivity (Wildman–Crippen MR) is 77.2 cm³/mol. The summed E-state index contributed by atoms with van der Waals surface area (Å²) in [5.74, 6) is -0.0627. The van der Waals surface area contributed by atoms with Crippen molar-refractivity contribution in [1.82, 2.24) is 9.80 Å². The van der Waals surface area contributed by atoms with E-state index >= 15 is 0 Å². The molecule has 0 bridgehead atoms. The molecule has 0 aromatic rings. The number of carbonyl (C=O) groups excluding carboxylic acids is 2.